The number of piperazine rings is 1. The lowest BCUT2D eigenvalue weighted by molar-refractivity contribution is 0.169. The molecule has 0 saturated carbocycles. The Morgan fingerprint density at radius 1 is 1.23 bits per heavy atom. The number of nitrogens with zero attached hydrogens (tertiary/aromatic N) is 5. The van der Waals surface area contributed by atoms with Crippen LogP contribution in [0.15, 0.2) is 40.0 Å². The summed E-state index contributed by atoms with van der Waals surface area (Å²) in [7, 11) is 1.62. The van der Waals surface area contributed by atoms with Gasteiger partial charge < -0.3 is 19.5 Å². The number of guanidine groups is 1. The van der Waals surface area contributed by atoms with E-state index in [0.29, 0.717) is 12.4 Å². The second kappa shape index (κ2) is 9.19. The maximum absolute atomic E-state index is 5.18. The third-order valence-electron chi connectivity index (χ3n) is 4.26. The Balaban J connectivity index is 1.57. The highest BCUT2D eigenvalue weighted by Gasteiger charge is 2.20. The van der Waals surface area contributed by atoms with Gasteiger partial charge in [-0.15, -0.1) is 0 Å². The zero-order valence-electron chi connectivity index (χ0n) is 15.4. The maximum atomic E-state index is 5.18. The maximum Gasteiger partial charge on any atom is 0.213 e. The van der Waals surface area contributed by atoms with Gasteiger partial charge in [-0.25, -0.2) is 9.98 Å². The van der Waals surface area contributed by atoms with Gasteiger partial charge in [0.1, 0.15) is 6.26 Å². The van der Waals surface area contributed by atoms with E-state index in [1.54, 1.807) is 13.4 Å². The van der Waals surface area contributed by atoms with Crippen LogP contribution in [0.2, 0.25) is 0 Å². The fourth-order valence-corrected chi connectivity index (χ4v) is 2.91. The summed E-state index contributed by atoms with van der Waals surface area (Å²) in [6.07, 6.45) is 1.62. The summed E-state index contributed by atoms with van der Waals surface area (Å²) in [5.41, 5.74) is 1.87. The fourth-order valence-electron chi connectivity index (χ4n) is 2.91. The molecule has 0 aliphatic carbocycles. The summed E-state index contributed by atoms with van der Waals surface area (Å²) in [4.78, 5) is 13.8. The highest BCUT2D eigenvalue weighted by atomic mass is 16.5. The average Bonchev–Trinajstić information content (AvgIpc) is 3.19. The first-order valence-corrected chi connectivity index (χ1v) is 8.93. The van der Waals surface area contributed by atoms with Crippen molar-refractivity contribution in [2.75, 3.05) is 39.8 Å². The summed E-state index contributed by atoms with van der Waals surface area (Å²) in [5, 5.41) is 7.37. The zero-order valence-corrected chi connectivity index (χ0v) is 15.4. The van der Waals surface area contributed by atoms with E-state index in [2.05, 4.69) is 32.2 Å². The fraction of sp³-hybridized carbons (Fsp3) is 0.500. The molecule has 0 spiro atoms. The van der Waals surface area contributed by atoms with Crippen molar-refractivity contribution in [2.45, 2.75) is 20.0 Å². The molecule has 0 bridgehead atoms. The van der Waals surface area contributed by atoms with E-state index in [-0.39, 0.29) is 0 Å². The molecule has 1 fully saturated rings. The van der Waals surface area contributed by atoms with Crippen LogP contribution < -0.4 is 10.1 Å². The lowest BCUT2D eigenvalue weighted by Gasteiger charge is -2.36. The summed E-state index contributed by atoms with van der Waals surface area (Å²) in [6, 6.07) is 7.66. The number of ether oxygens (including phenoxy) is 1. The quantitative estimate of drug-likeness (QED) is 0.617. The van der Waals surface area contributed by atoms with Gasteiger partial charge in [0.15, 0.2) is 5.96 Å². The predicted octanol–water partition coefficient (Wildman–Crippen LogP) is 1.36. The lowest BCUT2D eigenvalue weighted by atomic mass is 10.3. The number of nitrogens with one attached hydrogen (secondary N) is 1. The van der Waals surface area contributed by atoms with Crippen LogP contribution >= 0.6 is 0 Å². The Hall–Kier alpha value is -2.61. The van der Waals surface area contributed by atoms with Crippen molar-refractivity contribution in [2.24, 2.45) is 4.99 Å². The molecule has 3 heterocycles. The molecule has 1 N–H and O–H groups in total. The first-order chi connectivity index (χ1) is 12.8. The van der Waals surface area contributed by atoms with Gasteiger partial charge in [0.25, 0.3) is 0 Å². The molecular formula is C18H26N6O2. The molecule has 8 heteroatoms. The van der Waals surface area contributed by atoms with Crippen molar-refractivity contribution in [3.8, 4) is 5.88 Å². The molecule has 0 amide bonds. The molecular weight excluding hydrogens is 332 g/mol. The van der Waals surface area contributed by atoms with Crippen LogP contribution in [0.25, 0.3) is 0 Å². The Bertz CT molecular complexity index is 695. The van der Waals surface area contributed by atoms with Crippen molar-refractivity contribution in [1.82, 2.24) is 25.3 Å². The first kappa shape index (κ1) is 18.2. The van der Waals surface area contributed by atoms with Gasteiger partial charge in [0.05, 0.1) is 25.0 Å². The van der Waals surface area contributed by atoms with Gasteiger partial charge in [0, 0.05) is 51.4 Å². The lowest BCUT2D eigenvalue weighted by Crippen LogP contribution is -2.52. The van der Waals surface area contributed by atoms with Gasteiger partial charge in [-0.05, 0) is 13.0 Å². The topological polar surface area (TPSA) is 79.0 Å². The third kappa shape index (κ3) is 4.95. The van der Waals surface area contributed by atoms with E-state index in [1.807, 2.05) is 24.3 Å². The van der Waals surface area contributed by atoms with Crippen molar-refractivity contribution >= 4 is 5.96 Å². The summed E-state index contributed by atoms with van der Waals surface area (Å²) < 4.78 is 10.1. The predicted molar refractivity (Wildman–Crippen MR) is 99.0 cm³/mol. The van der Waals surface area contributed by atoms with E-state index in [9.17, 15) is 0 Å². The summed E-state index contributed by atoms with van der Waals surface area (Å²) >= 11 is 0. The number of hydrogen-bond donors (Lipinski definition) is 1. The standard InChI is InChI=1S/C18H26N6O2/c1-3-19-18(20-13-15-5-4-6-17(21-15)25-2)24-10-8-23(9-11-24)14-16-7-12-26-22-16/h4-7,12H,3,8-11,13-14H2,1-2H3,(H,19,20). The smallest absolute Gasteiger partial charge is 0.213 e. The highest BCUT2D eigenvalue weighted by molar-refractivity contribution is 5.80. The SMILES string of the molecule is CCNC(=NCc1cccc(OC)n1)N1CCN(Cc2ccon2)CC1. The second-order valence-corrected chi connectivity index (χ2v) is 6.10. The second-order valence-electron chi connectivity index (χ2n) is 6.10. The number of aliphatic imine (C=N–C) groups is 1. The number of hydrogen-bond acceptors (Lipinski definition) is 6. The van der Waals surface area contributed by atoms with Crippen LogP contribution in [-0.2, 0) is 13.1 Å². The largest absolute Gasteiger partial charge is 0.481 e. The van der Waals surface area contributed by atoms with E-state index in [4.69, 9.17) is 14.3 Å². The molecule has 1 aliphatic heterocycles. The molecule has 0 atom stereocenters. The van der Waals surface area contributed by atoms with Gasteiger partial charge >= 0.3 is 0 Å². The molecule has 140 valence electrons. The molecule has 0 aromatic carbocycles. The molecule has 2 aromatic heterocycles. The molecule has 1 saturated heterocycles. The minimum absolute atomic E-state index is 0.526. The van der Waals surface area contributed by atoms with Gasteiger partial charge in [-0.1, -0.05) is 11.2 Å². The number of rotatable bonds is 6. The van der Waals surface area contributed by atoms with Gasteiger partial charge in [0.2, 0.25) is 5.88 Å². The van der Waals surface area contributed by atoms with Crippen LogP contribution in [0.4, 0.5) is 0 Å². The van der Waals surface area contributed by atoms with Crippen molar-refractivity contribution in [1.29, 1.82) is 0 Å². The molecule has 26 heavy (non-hydrogen) atoms. The average molecular weight is 358 g/mol. The molecule has 1 aliphatic rings. The number of pyridine rings is 1. The van der Waals surface area contributed by atoms with Crippen LogP contribution in [0, 0.1) is 0 Å². The van der Waals surface area contributed by atoms with E-state index in [1.165, 1.54) is 0 Å². The van der Waals surface area contributed by atoms with Crippen LogP contribution in [0.3, 0.4) is 0 Å². The molecule has 0 unspecified atom stereocenters. The van der Waals surface area contributed by atoms with Crippen LogP contribution in [0.1, 0.15) is 18.3 Å². The van der Waals surface area contributed by atoms with Gasteiger partial charge in [-0.2, -0.15) is 0 Å². The van der Waals surface area contributed by atoms with Crippen LogP contribution in [-0.4, -0.2) is 65.7 Å². The highest BCUT2D eigenvalue weighted by Crippen LogP contribution is 2.10. The van der Waals surface area contributed by atoms with E-state index >= 15 is 0 Å². The Labute approximate surface area is 153 Å². The minimum Gasteiger partial charge on any atom is -0.481 e. The molecule has 3 rings (SSSR count). The summed E-state index contributed by atoms with van der Waals surface area (Å²) in [6.45, 7) is 8.06. The first-order valence-electron chi connectivity index (χ1n) is 8.93. The van der Waals surface area contributed by atoms with Crippen molar-refractivity contribution in [3.63, 3.8) is 0 Å². The Morgan fingerprint density at radius 2 is 2.08 bits per heavy atom. The van der Waals surface area contributed by atoms with E-state index < -0.39 is 0 Å². The zero-order chi connectivity index (χ0) is 18.2. The van der Waals surface area contributed by atoms with Crippen LogP contribution in [0.5, 0.6) is 5.88 Å². The monoisotopic (exact) mass is 358 g/mol. The van der Waals surface area contributed by atoms with E-state index in [0.717, 1.165) is 56.6 Å². The number of aromatic nitrogens is 2. The molecule has 0 radical (unpaired) electrons. The molecule has 2 aromatic rings. The normalized spacial score (nSPS) is 15.9. The number of methoxy groups -OCH3 is 1. The third-order valence-corrected chi connectivity index (χ3v) is 4.26. The Morgan fingerprint density at radius 3 is 2.77 bits per heavy atom. The molecule has 8 nitrogen and oxygen atoms in total. The van der Waals surface area contributed by atoms with Crippen molar-refractivity contribution < 1.29 is 9.26 Å². The minimum atomic E-state index is 0.526. The van der Waals surface area contributed by atoms with Gasteiger partial charge in [-0.3, -0.25) is 4.90 Å². The van der Waals surface area contributed by atoms with Crippen molar-refractivity contribution in [3.05, 3.63) is 41.9 Å². The Kier molecular flexibility index (Phi) is 6.43. The summed E-state index contributed by atoms with van der Waals surface area (Å²) in [5.74, 6) is 1.54.